The lowest BCUT2D eigenvalue weighted by atomic mass is 10.2. The highest BCUT2D eigenvalue weighted by molar-refractivity contribution is 7.89. The monoisotopic (exact) mass is 305 g/mol. The van der Waals surface area contributed by atoms with Crippen molar-refractivity contribution in [2.24, 2.45) is 12.8 Å². The number of hydrogen-bond donors (Lipinski definition) is 4. The number of nitrogens with zero attached hydrogens (tertiary/aromatic N) is 1. The van der Waals surface area contributed by atoms with E-state index in [4.69, 9.17) is 15.9 Å². The maximum atomic E-state index is 12.0. The molecule has 0 aliphatic rings. The van der Waals surface area contributed by atoms with E-state index in [1.165, 1.54) is 11.6 Å². The van der Waals surface area contributed by atoms with Crippen LogP contribution in [0.25, 0.3) is 0 Å². The average molecular weight is 305 g/mol. The van der Waals surface area contributed by atoms with Crippen molar-refractivity contribution < 1.29 is 28.2 Å². The summed E-state index contributed by atoms with van der Waals surface area (Å²) in [6, 6.07) is -0.412. The fourth-order valence-corrected chi connectivity index (χ4v) is 2.84. The summed E-state index contributed by atoms with van der Waals surface area (Å²) in [6.07, 6.45) is 0.865. The summed E-state index contributed by atoms with van der Waals surface area (Å²) < 4.78 is 27.1. The molecule has 5 N–H and O–H groups in total. The number of nitrogens with one attached hydrogen (secondary N) is 1. The highest BCUT2D eigenvalue weighted by Gasteiger charge is 2.26. The van der Waals surface area contributed by atoms with Gasteiger partial charge in [-0.05, 0) is 12.5 Å². The van der Waals surface area contributed by atoms with Crippen LogP contribution in [0.3, 0.4) is 0 Å². The highest BCUT2D eigenvalue weighted by atomic mass is 32.2. The molecule has 0 aromatic carbocycles. The molecular weight excluding hydrogens is 290 g/mol. The fraction of sp³-hybridized carbons (Fsp3) is 0.400. The van der Waals surface area contributed by atoms with Gasteiger partial charge in [-0.2, -0.15) is 4.72 Å². The third-order valence-electron chi connectivity index (χ3n) is 2.56. The van der Waals surface area contributed by atoms with Crippen LogP contribution in [0.1, 0.15) is 16.9 Å². The van der Waals surface area contributed by atoms with Crippen LogP contribution in [0.5, 0.6) is 0 Å². The van der Waals surface area contributed by atoms with Crippen LogP contribution in [0, 0.1) is 0 Å². The number of aliphatic hydroxyl groups excluding tert-OH is 1. The van der Waals surface area contributed by atoms with Gasteiger partial charge in [0.05, 0.1) is 0 Å². The number of carboxylic acids is 1. The Morgan fingerprint density at radius 1 is 1.50 bits per heavy atom. The number of sulfonamides is 1. The van der Waals surface area contributed by atoms with Gasteiger partial charge < -0.3 is 20.5 Å². The van der Waals surface area contributed by atoms with E-state index < -0.39 is 34.5 Å². The van der Waals surface area contributed by atoms with E-state index in [1.54, 1.807) is 0 Å². The summed E-state index contributed by atoms with van der Waals surface area (Å²) >= 11 is 0. The number of carbonyl (C=O) groups is 2. The molecular formula is C10H15N3O6S. The van der Waals surface area contributed by atoms with E-state index in [1.807, 2.05) is 4.72 Å². The first-order valence-corrected chi connectivity index (χ1v) is 6.99. The number of rotatable bonds is 7. The lowest BCUT2D eigenvalue weighted by Gasteiger charge is -2.12. The predicted molar refractivity (Wildman–Crippen MR) is 67.4 cm³/mol. The molecule has 1 amide bonds. The second-order valence-electron chi connectivity index (χ2n) is 4.06. The zero-order valence-corrected chi connectivity index (χ0v) is 11.4. The third-order valence-corrected chi connectivity index (χ3v) is 3.99. The Hall–Kier alpha value is -1.91. The second-order valence-corrected chi connectivity index (χ2v) is 5.77. The van der Waals surface area contributed by atoms with Crippen molar-refractivity contribution in [2.75, 3.05) is 6.61 Å². The van der Waals surface area contributed by atoms with Crippen LogP contribution in [0.2, 0.25) is 0 Å². The molecule has 112 valence electrons. The van der Waals surface area contributed by atoms with E-state index in [0.717, 1.165) is 12.3 Å². The van der Waals surface area contributed by atoms with Gasteiger partial charge in [0, 0.05) is 19.9 Å². The minimum atomic E-state index is -4.13. The minimum absolute atomic E-state index is 0.0283. The molecule has 1 unspecified atom stereocenters. The van der Waals surface area contributed by atoms with Crippen LogP contribution in [0.15, 0.2) is 17.2 Å². The Balaban J connectivity index is 3.07. The van der Waals surface area contributed by atoms with E-state index in [2.05, 4.69) is 0 Å². The molecule has 0 aliphatic carbocycles. The molecule has 0 aliphatic heterocycles. The lowest BCUT2D eigenvalue weighted by molar-refractivity contribution is -0.139. The predicted octanol–water partition coefficient (Wildman–Crippen LogP) is -1.76. The van der Waals surface area contributed by atoms with E-state index in [0.29, 0.717) is 0 Å². The number of primary amides is 1. The highest BCUT2D eigenvalue weighted by Crippen LogP contribution is 2.14. The number of carboxylic acid groups (broad SMARTS) is 1. The number of carbonyl (C=O) groups excluding carboxylic acids is 1. The third kappa shape index (κ3) is 3.56. The normalized spacial score (nSPS) is 13.1. The van der Waals surface area contributed by atoms with Gasteiger partial charge >= 0.3 is 5.97 Å². The molecule has 10 heteroatoms. The molecule has 1 aromatic rings. The van der Waals surface area contributed by atoms with Crippen LogP contribution >= 0.6 is 0 Å². The van der Waals surface area contributed by atoms with Gasteiger partial charge in [-0.15, -0.1) is 0 Å². The van der Waals surface area contributed by atoms with E-state index >= 15 is 0 Å². The van der Waals surface area contributed by atoms with Gasteiger partial charge in [0.2, 0.25) is 10.0 Å². The lowest BCUT2D eigenvalue weighted by Crippen LogP contribution is -2.41. The number of aryl methyl sites for hydroxylation is 1. The Morgan fingerprint density at radius 2 is 2.10 bits per heavy atom. The summed E-state index contributed by atoms with van der Waals surface area (Å²) in [5.41, 5.74) is 5.04. The van der Waals surface area contributed by atoms with Crippen molar-refractivity contribution in [1.29, 1.82) is 0 Å². The van der Waals surface area contributed by atoms with Crippen molar-refractivity contribution in [2.45, 2.75) is 17.4 Å². The summed E-state index contributed by atoms with van der Waals surface area (Å²) in [5.74, 6) is -2.22. The Morgan fingerprint density at radius 3 is 2.50 bits per heavy atom. The molecule has 20 heavy (non-hydrogen) atoms. The molecule has 1 atom stereocenters. The van der Waals surface area contributed by atoms with Crippen LogP contribution in [-0.4, -0.2) is 47.7 Å². The quantitative estimate of drug-likeness (QED) is 0.468. The fourth-order valence-electron chi connectivity index (χ4n) is 1.54. The van der Waals surface area contributed by atoms with Crippen LogP contribution in [-0.2, 0) is 21.9 Å². The molecule has 1 rings (SSSR count). The van der Waals surface area contributed by atoms with Gasteiger partial charge in [0.15, 0.2) is 0 Å². The zero-order valence-electron chi connectivity index (χ0n) is 10.6. The number of hydrogen-bond acceptors (Lipinski definition) is 5. The number of aliphatic hydroxyl groups is 1. The molecule has 0 saturated heterocycles. The minimum Gasteiger partial charge on any atom is -0.480 e. The van der Waals surface area contributed by atoms with Crippen molar-refractivity contribution in [3.05, 3.63) is 18.0 Å². The first kappa shape index (κ1) is 16.1. The second kappa shape index (κ2) is 6.03. The van der Waals surface area contributed by atoms with Gasteiger partial charge in [-0.1, -0.05) is 0 Å². The first-order chi connectivity index (χ1) is 9.19. The molecule has 0 saturated carbocycles. The molecule has 1 aromatic heterocycles. The van der Waals surface area contributed by atoms with Crippen LogP contribution in [0.4, 0.5) is 0 Å². The SMILES string of the molecule is Cn1cc(S(=O)(=O)NC(CCO)C(=O)O)cc1C(N)=O. The number of aliphatic carboxylic acids is 1. The summed E-state index contributed by atoms with van der Waals surface area (Å²) in [6.45, 7) is -0.485. The largest absolute Gasteiger partial charge is 0.480 e. The van der Waals surface area contributed by atoms with Gasteiger partial charge in [0.25, 0.3) is 5.91 Å². The van der Waals surface area contributed by atoms with E-state index in [-0.39, 0.29) is 17.0 Å². The molecule has 9 nitrogen and oxygen atoms in total. The van der Waals surface area contributed by atoms with Gasteiger partial charge in [-0.25, -0.2) is 8.42 Å². The summed E-state index contributed by atoms with van der Waals surface area (Å²) in [5, 5.41) is 17.6. The van der Waals surface area contributed by atoms with Crippen molar-refractivity contribution in [1.82, 2.24) is 9.29 Å². The van der Waals surface area contributed by atoms with Crippen molar-refractivity contribution in [3.63, 3.8) is 0 Å². The summed E-state index contributed by atoms with van der Waals surface area (Å²) in [7, 11) is -2.70. The smallest absolute Gasteiger partial charge is 0.321 e. The molecule has 1 heterocycles. The Kier molecular flexibility index (Phi) is 4.87. The standard InChI is InChI=1S/C10H15N3O6S/c1-13-5-6(4-8(13)9(11)15)20(18,19)12-7(2-3-14)10(16)17/h4-5,7,12,14H,2-3H2,1H3,(H2,11,15)(H,16,17). The molecule has 0 bridgehead atoms. The van der Waals surface area contributed by atoms with Crippen molar-refractivity contribution >= 4 is 21.9 Å². The zero-order chi connectivity index (χ0) is 15.5. The first-order valence-electron chi connectivity index (χ1n) is 5.51. The van der Waals surface area contributed by atoms with Gasteiger partial charge in [-0.3, -0.25) is 9.59 Å². The summed E-state index contributed by atoms with van der Waals surface area (Å²) in [4.78, 5) is 21.6. The number of aromatic nitrogens is 1. The van der Waals surface area contributed by atoms with Crippen LogP contribution < -0.4 is 10.5 Å². The molecule has 0 fully saturated rings. The molecule has 0 radical (unpaired) electrons. The van der Waals surface area contributed by atoms with Gasteiger partial charge in [0.1, 0.15) is 16.6 Å². The maximum Gasteiger partial charge on any atom is 0.321 e. The average Bonchev–Trinajstić information content (AvgIpc) is 2.71. The number of nitrogens with two attached hydrogens (primary N) is 1. The Labute approximate surface area is 115 Å². The maximum absolute atomic E-state index is 12.0. The number of amides is 1. The molecule has 0 spiro atoms. The topological polar surface area (TPSA) is 152 Å². The van der Waals surface area contributed by atoms with E-state index in [9.17, 15) is 18.0 Å². The Bertz CT molecular complexity index is 621. The van der Waals surface area contributed by atoms with Crippen molar-refractivity contribution in [3.8, 4) is 0 Å².